The van der Waals surface area contributed by atoms with Crippen LogP contribution < -0.4 is 0 Å². The van der Waals surface area contributed by atoms with Gasteiger partial charge in [0.2, 0.25) is 0 Å². The van der Waals surface area contributed by atoms with E-state index in [0.29, 0.717) is 11.3 Å². The van der Waals surface area contributed by atoms with Crippen LogP contribution in [0.15, 0.2) is 82.0 Å². The second-order valence-corrected chi connectivity index (χ2v) is 9.37. The zero-order valence-corrected chi connectivity index (χ0v) is 19.8. The number of amides is 1. The Balaban J connectivity index is 1.71. The third-order valence-electron chi connectivity index (χ3n) is 5.20. The van der Waals surface area contributed by atoms with E-state index in [0.717, 1.165) is 11.1 Å². The van der Waals surface area contributed by atoms with Gasteiger partial charge < -0.3 is 9.47 Å². The predicted octanol–water partition coefficient (Wildman–Crippen LogP) is 4.74. The first-order valence-electron chi connectivity index (χ1n) is 10.0. The number of rotatable bonds is 6. The van der Waals surface area contributed by atoms with Crippen LogP contribution >= 0.6 is 35.0 Å². The van der Waals surface area contributed by atoms with E-state index in [-0.39, 0.29) is 22.4 Å². The summed E-state index contributed by atoms with van der Waals surface area (Å²) in [5, 5.41) is -0.502. The molecule has 0 spiro atoms. The Morgan fingerprint density at radius 3 is 2.15 bits per heavy atom. The van der Waals surface area contributed by atoms with Crippen molar-refractivity contribution in [1.29, 1.82) is 0 Å². The van der Waals surface area contributed by atoms with Gasteiger partial charge in [0.15, 0.2) is 6.10 Å². The Morgan fingerprint density at radius 1 is 1.06 bits per heavy atom. The quantitative estimate of drug-likeness (QED) is 0.322. The maximum atomic E-state index is 13.5. The lowest BCUT2D eigenvalue weighted by Crippen LogP contribution is -2.57. The number of hydrogen-bond acceptors (Lipinski definition) is 6. The van der Waals surface area contributed by atoms with Crippen LogP contribution in [0.1, 0.15) is 24.2 Å². The summed E-state index contributed by atoms with van der Waals surface area (Å²) in [5.41, 5.74) is 2.33. The highest BCUT2D eigenvalue weighted by Gasteiger charge is 2.51. The van der Waals surface area contributed by atoms with Gasteiger partial charge in [-0.15, -0.1) is 11.8 Å². The molecule has 2 heterocycles. The Kier molecular flexibility index (Phi) is 7.12. The molecule has 0 saturated carbocycles. The Bertz CT molecular complexity index is 1110. The van der Waals surface area contributed by atoms with Crippen molar-refractivity contribution in [3.63, 3.8) is 0 Å². The second-order valence-electron chi connectivity index (χ2n) is 7.35. The minimum atomic E-state index is -0.696. The summed E-state index contributed by atoms with van der Waals surface area (Å²) in [5.74, 6) is -1.32. The Morgan fingerprint density at radius 2 is 1.64 bits per heavy atom. The molecule has 33 heavy (non-hydrogen) atoms. The van der Waals surface area contributed by atoms with Crippen molar-refractivity contribution in [1.82, 2.24) is 4.90 Å². The van der Waals surface area contributed by atoms with Crippen LogP contribution in [-0.2, 0) is 23.9 Å². The summed E-state index contributed by atoms with van der Waals surface area (Å²) in [6, 6.07) is 18.6. The molecule has 1 amide bonds. The van der Waals surface area contributed by atoms with Crippen LogP contribution in [0.4, 0.5) is 0 Å². The van der Waals surface area contributed by atoms with Crippen molar-refractivity contribution in [2.45, 2.75) is 18.4 Å². The summed E-state index contributed by atoms with van der Waals surface area (Å²) >= 11 is 13.1. The normalized spacial score (nSPS) is 17.5. The first-order valence-corrected chi connectivity index (χ1v) is 11.9. The molecule has 2 aromatic rings. The molecule has 0 aromatic heterocycles. The fraction of sp³-hybridized carbons (Fsp3) is 0.208. The Labute approximate surface area is 205 Å². The maximum Gasteiger partial charge on any atom is 0.356 e. The molecule has 1 atom stereocenters. The lowest BCUT2D eigenvalue weighted by molar-refractivity contribution is -0.149. The van der Waals surface area contributed by atoms with Gasteiger partial charge in [-0.1, -0.05) is 83.9 Å². The van der Waals surface area contributed by atoms with Crippen LogP contribution in [0, 0.1) is 0 Å². The minimum Gasteiger partial charge on any atom is -0.461 e. The lowest BCUT2D eigenvalue weighted by Gasteiger charge is -2.46. The SMILES string of the molecule is CC(=O)OCC1=C(C(=O)OC(c2ccccc2)c2ccccc2)N2C(=O)C(=C(Cl)Cl)C2SC1. The van der Waals surface area contributed by atoms with Gasteiger partial charge in [0, 0.05) is 18.2 Å². The number of carbonyl (C=O) groups is 3. The van der Waals surface area contributed by atoms with Gasteiger partial charge in [-0.25, -0.2) is 4.79 Å². The van der Waals surface area contributed by atoms with E-state index in [1.165, 1.54) is 23.6 Å². The smallest absolute Gasteiger partial charge is 0.356 e. The van der Waals surface area contributed by atoms with Crippen LogP contribution in [0.5, 0.6) is 0 Å². The first-order chi connectivity index (χ1) is 15.9. The highest BCUT2D eigenvalue weighted by atomic mass is 35.5. The minimum absolute atomic E-state index is 0.0557. The standard InChI is InChI=1S/C24H19Cl2NO5S/c1-14(28)31-12-17-13-33-23-18(21(25)26)22(29)27(23)19(17)24(30)32-20(15-8-4-2-5-9-15)16-10-6-3-7-11-16/h2-11,20,23H,12-13H2,1H3. The van der Waals surface area contributed by atoms with Crippen LogP contribution in [0.25, 0.3) is 0 Å². The molecule has 4 rings (SSSR count). The zero-order valence-electron chi connectivity index (χ0n) is 17.5. The van der Waals surface area contributed by atoms with E-state index in [1.807, 2.05) is 60.7 Å². The molecular formula is C24H19Cl2NO5S. The molecule has 6 nitrogen and oxygen atoms in total. The first kappa shape index (κ1) is 23.4. The molecule has 0 N–H and O–H groups in total. The van der Waals surface area contributed by atoms with Crippen LogP contribution in [-0.4, -0.2) is 40.5 Å². The molecule has 2 aliphatic heterocycles. The summed E-state index contributed by atoms with van der Waals surface area (Å²) in [7, 11) is 0. The number of esters is 2. The van der Waals surface area contributed by atoms with Crippen molar-refractivity contribution >= 4 is 52.8 Å². The van der Waals surface area contributed by atoms with E-state index in [1.54, 1.807) is 0 Å². The summed E-state index contributed by atoms with van der Waals surface area (Å²) in [6.45, 7) is 1.15. The lowest BCUT2D eigenvalue weighted by atomic mass is 10.0. The maximum absolute atomic E-state index is 13.5. The molecule has 1 fully saturated rings. The van der Waals surface area contributed by atoms with Gasteiger partial charge in [0.1, 0.15) is 22.2 Å². The average molecular weight is 504 g/mol. The zero-order chi connectivity index (χ0) is 23.5. The van der Waals surface area contributed by atoms with E-state index >= 15 is 0 Å². The number of benzene rings is 2. The molecule has 2 aliphatic rings. The number of hydrogen-bond donors (Lipinski definition) is 0. The predicted molar refractivity (Wildman–Crippen MR) is 126 cm³/mol. The van der Waals surface area contributed by atoms with Crippen LogP contribution in [0.3, 0.4) is 0 Å². The number of β-lactam (4-membered cyclic amide) rings is 1. The summed E-state index contributed by atoms with van der Waals surface area (Å²) in [6.07, 6.45) is -0.696. The van der Waals surface area contributed by atoms with E-state index in [2.05, 4.69) is 0 Å². The van der Waals surface area contributed by atoms with Gasteiger partial charge in [-0.2, -0.15) is 0 Å². The van der Waals surface area contributed by atoms with Gasteiger partial charge in [0.05, 0.1) is 5.57 Å². The van der Waals surface area contributed by atoms with Gasteiger partial charge >= 0.3 is 11.9 Å². The van der Waals surface area contributed by atoms with Crippen molar-refractivity contribution in [3.05, 3.63) is 93.1 Å². The van der Waals surface area contributed by atoms with Crippen molar-refractivity contribution in [2.75, 3.05) is 12.4 Å². The summed E-state index contributed by atoms with van der Waals surface area (Å²) in [4.78, 5) is 39.0. The number of nitrogens with zero attached hydrogens (tertiary/aromatic N) is 1. The molecule has 9 heteroatoms. The molecule has 1 saturated heterocycles. The van der Waals surface area contributed by atoms with E-state index < -0.39 is 29.3 Å². The topological polar surface area (TPSA) is 72.9 Å². The number of fused-ring (bicyclic) bond motifs is 1. The molecule has 0 bridgehead atoms. The highest BCUT2D eigenvalue weighted by Crippen LogP contribution is 2.46. The number of carbonyl (C=O) groups excluding carboxylic acids is 3. The molecular weight excluding hydrogens is 485 g/mol. The number of thioether (sulfide) groups is 1. The molecule has 2 aromatic carbocycles. The van der Waals surface area contributed by atoms with E-state index in [4.69, 9.17) is 32.7 Å². The molecule has 0 aliphatic carbocycles. The monoisotopic (exact) mass is 503 g/mol. The third kappa shape index (κ3) is 4.81. The second kappa shape index (κ2) is 10.0. The fourth-order valence-corrected chi connectivity index (χ4v) is 5.47. The fourth-order valence-electron chi connectivity index (χ4n) is 3.66. The Hall–Kier alpha value is -2.74. The van der Waals surface area contributed by atoms with Gasteiger partial charge in [-0.05, 0) is 11.1 Å². The largest absolute Gasteiger partial charge is 0.461 e. The number of ether oxygens (including phenoxy) is 2. The van der Waals surface area contributed by atoms with Gasteiger partial charge in [-0.3, -0.25) is 14.5 Å². The van der Waals surface area contributed by atoms with E-state index in [9.17, 15) is 14.4 Å². The molecule has 170 valence electrons. The number of halogens is 2. The van der Waals surface area contributed by atoms with Crippen molar-refractivity contribution in [2.24, 2.45) is 0 Å². The average Bonchev–Trinajstić information content (AvgIpc) is 2.81. The van der Waals surface area contributed by atoms with Crippen LogP contribution in [0.2, 0.25) is 0 Å². The van der Waals surface area contributed by atoms with Crippen molar-refractivity contribution in [3.8, 4) is 0 Å². The highest BCUT2D eigenvalue weighted by molar-refractivity contribution is 8.00. The third-order valence-corrected chi connectivity index (χ3v) is 6.88. The summed E-state index contributed by atoms with van der Waals surface area (Å²) < 4.78 is 11.0. The van der Waals surface area contributed by atoms with Gasteiger partial charge in [0.25, 0.3) is 5.91 Å². The molecule has 0 radical (unpaired) electrons. The molecule has 1 unspecified atom stereocenters. The van der Waals surface area contributed by atoms with Crippen molar-refractivity contribution < 1.29 is 23.9 Å².